The fourth-order valence-electron chi connectivity index (χ4n) is 10.8. The number of carboxylic acid groups (broad SMARTS) is 1. The SMILES string of the molecule is CC/C=C\C/C=C\C/C=C\C/C=C\C/C=C\C/C=C\C/C=C\C/C=C\CCCCCCCCC(=O)OC(COC(=O)CCCCCCCCCCCCCCCCCCCCCCCCCCC/C=C\C/C=C\C/C=C\C/C=C\C/C=C\CC)COC(OCC[N+](C)(C)C)C(=O)[O-]. The summed E-state index contributed by atoms with van der Waals surface area (Å²) in [6.07, 6.45) is 111. The highest BCUT2D eigenvalue weighted by Gasteiger charge is 2.22. The molecule has 9 nitrogen and oxygen atoms in total. The molecule has 0 saturated carbocycles. The first-order valence-electron chi connectivity index (χ1n) is 39.6. The normalized spacial score (nSPS) is 13.5. The second kappa shape index (κ2) is 76.7. The van der Waals surface area contributed by atoms with Crippen LogP contribution in [0.2, 0.25) is 0 Å². The lowest BCUT2D eigenvalue weighted by Gasteiger charge is -2.26. The maximum atomic E-state index is 13.0. The summed E-state index contributed by atoms with van der Waals surface area (Å²) in [5.74, 6) is -2.30. The first-order chi connectivity index (χ1) is 47.6. The number of quaternary nitrogens is 1. The van der Waals surface area contributed by atoms with Crippen molar-refractivity contribution in [1.82, 2.24) is 0 Å². The van der Waals surface area contributed by atoms with Gasteiger partial charge >= 0.3 is 11.9 Å². The van der Waals surface area contributed by atoms with Crippen molar-refractivity contribution in [2.24, 2.45) is 0 Å². The number of carbonyl (C=O) groups excluding carboxylic acids is 3. The van der Waals surface area contributed by atoms with Gasteiger partial charge in [0, 0.05) is 12.8 Å². The summed E-state index contributed by atoms with van der Waals surface area (Å²) in [7, 11) is 5.93. The molecule has 0 aromatic heterocycles. The molecule has 0 bridgehead atoms. The lowest BCUT2D eigenvalue weighted by atomic mass is 10.0. The number of likely N-dealkylation sites (N-methyl/N-ethyl adjacent to an activating group) is 1. The minimum Gasteiger partial charge on any atom is -0.545 e. The van der Waals surface area contributed by atoms with Gasteiger partial charge in [-0.15, -0.1) is 0 Å². The van der Waals surface area contributed by atoms with Crippen molar-refractivity contribution in [2.45, 2.75) is 334 Å². The molecule has 0 saturated heterocycles. The van der Waals surface area contributed by atoms with Crippen molar-refractivity contribution in [3.05, 3.63) is 158 Å². The number of hydrogen-bond donors (Lipinski definition) is 0. The lowest BCUT2D eigenvalue weighted by molar-refractivity contribution is -0.870. The molecule has 0 amide bonds. The van der Waals surface area contributed by atoms with Gasteiger partial charge in [0.25, 0.3) is 0 Å². The summed E-state index contributed by atoms with van der Waals surface area (Å²) >= 11 is 0. The Kier molecular flexibility index (Phi) is 72.6. The van der Waals surface area contributed by atoms with Gasteiger partial charge in [-0.25, -0.2) is 0 Å². The van der Waals surface area contributed by atoms with E-state index in [4.69, 9.17) is 18.9 Å². The van der Waals surface area contributed by atoms with E-state index in [-0.39, 0.29) is 38.6 Å². The number of carboxylic acids is 1. The molecule has 0 heterocycles. The quantitative estimate of drug-likeness (QED) is 0.0195. The fraction of sp³-hybridized carbons (Fsp3) is 0.670. The van der Waals surface area contributed by atoms with Gasteiger partial charge in [-0.05, 0) is 122 Å². The van der Waals surface area contributed by atoms with E-state index in [1.165, 1.54) is 148 Å². The number of carbonyl (C=O) groups is 3. The maximum absolute atomic E-state index is 13.0. The highest BCUT2D eigenvalue weighted by Crippen LogP contribution is 2.18. The highest BCUT2D eigenvalue weighted by molar-refractivity contribution is 5.70. The molecule has 0 radical (unpaired) electrons. The Hall–Kier alpha value is -5.09. The number of nitrogens with zero attached hydrogens (tertiary/aromatic N) is 1. The average Bonchev–Trinajstić information content (AvgIpc) is 2.39. The van der Waals surface area contributed by atoms with Crippen LogP contribution >= 0.6 is 0 Å². The zero-order chi connectivity index (χ0) is 70.4. The summed E-state index contributed by atoms with van der Waals surface area (Å²) in [5.41, 5.74) is 0. The van der Waals surface area contributed by atoms with E-state index in [1.807, 2.05) is 21.1 Å². The molecule has 0 aliphatic rings. The molecule has 552 valence electrons. The fourth-order valence-corrected chi connectivity index (χ4v) is 10.8. The number of ether oxygens (including phenoxy) is 4. The molecular formula is C88H147NO8. The highest BCUT2D eigenvalue weighted by atomic mass is 16.7. The van der Waals surface area contributed by atoms with E-state index in [0.29, 0.717) is 17.4 Å². The van der Waals surface area contributed by atoms with Gasteiger partial charge in [0.2, 0.25) is 0 Å². The van der Waals surface area contributed by atoms with Gasteiger partial charge in [0.1, 0.15) is 13.2 Å². The number of unbranched alkanes of at least 4 members (excludes halogenated alkanes) is 31. The number of allylic oxidation sites excluding steroid dienone is 26. The Morgan fingerprint density at radius 1 is 0.309 bits per heavy atom. The summed E-state index contributed by atoms with van der Waals surface area (Å²) in [6, 6.07) is 0. The molecular weight excluding hydrogens is 1200 g/mol. The van der Waals surface area contributed by atoms with E-state index < -0.39 is 24.3 Å². The topological polar surface area (TPSA) is 111 Å². The maximum Gasteiger partial charge on any atom is 0.306 e. The molecule has 0 N–H and O–H groups in total. The molecule has 2 unspecified atom stereocenters. The summed E-state index contributed by atoms with van der Waals surface area (Å²) in [5, 5.41) is 11.9. The van der Waals surface area contributed by atoms with Crippen LogP contribution in [0.1, 0.15) is 322 Å². The van der Waals surface area contributed by atoms with Gasteiger partial charge in [-0.2, -0.15) is 0 Å². The summed E-state index contributed by atoms with van der Waals surface area (Å²) in [4.78, 5) is 37.6. The predicted octanol–water partition coefficient (Wildman–Crippen LogP) is 24.3. The molecule has 0 aliphatic carbocycles. The van der Waals surface area contributed by atoms with Crippen molar-refractivity contribution in [2.75, 3.05) is 47.5 Å². The second-order valence-corrected chi connectivity index (χ2v) is 27.2. The lowest BCUT2D eigenvalue weighted by Crippen LogP contribution is -2.44. The Balaban J connectivity index is 4.05. The molecule has 0 aromatic carbocycles. The standard InChI is InChI=1S/C88H147NO8/c1-6-8-10-12-14-16-18-20-22-24-26-28-30-32-34-36-38-39-40-41-42-43-44-45-46-47-49-50-52-54-56-58-60-62-64-66-68-70-72-74-76-78-85(90)95-82-84(83-96-88(87(92)93)94-81-80-89(3,4)5)97-86(91)79-77-75-73-71-69-67-65-63-61-59-57-55-53-51-48-37-35-33-31-29-27-25-23-21-19-17-15-13-11-9-7-2/h8-11,14-17,20-23,26-29,32-35,48,51,55,57,61,63,84,88H,6-7,12-13,18-19,24-25,30-31,36-47,49-50,52-54,56,58-60,62,64-83H2,1-5H3/b10-8-,11-9-,16-14-,17-15-,22-20-,23-21-,28-26-,29-27-,34-32-,35-33-,51-48-,57-55-,63-61-. The van der Waals surface area contributed by atoms with Crippen LogP contribution in [-0.2, 0) is 33.3 Å². The summed E-state index contributed by atoms with van der Waals surface area (Å²) < 4.78 is 22.8. The van der Waals surface area contributed by atoms with E-state index >= 15 is 0 Å². The first kappa shape index (κ1) is 91.9. The Morgan fingerprint density at radius 3 is 0.825 bits per heavy atom. The average molecular weight is 1350 g/mol. The van der Waals surface area contributed by atoms with E-state index in [1.54, 1.807) is 0 Å². The third kappa shape index (κ3) is 78.1. The molecule has 2 atom stereocenters. The Morgan fingerprint density at radius 2 is 0.557 bits per heavy atom. The van der Waals surface area contributed by atoms with Crippen molar-refractivity contribution >= 4 is 17.9 Å². The molecule has 0 rings (SSSR count). The minimum atomic E-state index is -1.63. The summed E-state index contributed by atoms with van der Waals surface area (Å²) in [6.45, 7) is 4.52. The number of rotatable bonds is 72. The largest absolute Gasteiger partial charge is 0.545 e. The number of hydrogen-bond acceptors (Lipinski definition) is 8. The predicted molar refractivity (Wildman–Crippen MR) is 416 cm³/mol. The smallest absolute Gasteiger partial charge is 0.306 e. The van der Waals surface area contributed by atoms with E-state index in [0.717, 1.165) is 141 Å². The van der Waals surface area contributed by atoms with Crippen molar-refractivity contribution in [3.8, 4) is 0 Å². The third-order valence-electron chi connectivity index (χ3n) is 16.8. The molecule has 0 spiro atoms. The van der Waals surface area contributed by atoms with E-state index in [9.17, 15) is 19.5 Å². The van der Waals surface area contributed by atoms with Crippen LogP contribution in [0.15, 0.2) is 158 Å². The van der Waals surface area contributed by atoms with E-state index in [2.05, 4.69) is 172 Å². The Bertz CT molecular complexity index is 2160. The van der Waals surface area contributed by atoms with Crippen LogP contribution in [0.4, 0.5) is 0 Å². The van der Waals surface area contributed by atoms with Gasteiger partial charge < -0.3 is 33.3 Å². The third-order valence-corrected chi connectivity index (χ3v) is 16.8. The van der Waals surface area contributed by atoms with Gasteiger partial charge in [-0.1, -0.05) is 345 Å². The first-order valence-corrected chi connectivity index (χ1v) is 39.6. The van der Waals surface area contributed by atoms with Gasteiger partial charge in [0.05, 0.1) is 40.3 Å². The van der Waals surface area contributed by atoms with Crippen molar-refractivity contribution < 1.29 is 42.9 Å². The zero-order valence-corrected chi connectivity index (χ0v) is 63.1. The van der Waals surface area contributed by atoms with Crippen LogP contribution in [0.3, 0.4) is 0 Å². The number of esters is 2. The van der Waals surface area contributed by atoms with Gasteiger partial charge in [0.15, 0.2) is 12.4 Å². The number of aliphatic carboxylic acids is 1. The Labute approximate surface area is 597 Å². The van der Waals surface area contributed by atoms with Crippen LogP contribution in [-0.4, -0.2) is 82.3 Å². The van der Waals surface area contributed by atoms with Crippen molar-refractivity contribution in [3.63, 3.8) is 0 Å². The monoisotopic (exact) mass is 1350 g/mol. The zero-order valence-electron chi connectivity index (χ0n) is 63.1. The molecule has 0 aliphatic heterocycles. The second-order valence-electron chi connectivity index (χ2n) is 27.2. The van der Waals surface area contributed by atoms with Crippen LogP contribution in [0, 0.1) is 0 Å². The van der Waals surface area contributed by atoms with Gasteiger partial charge in [-0.3, -0.25) is 9.59 Å². The minimum absolute atomic E-state index is 0.139. The van der Waals surface area contributed by atoms with Crippen LogP contribution in [0.5, 0.6) is 0 Å². The molecule has 0 fully saturated rings. The molecule has 97 heavy (non-hydrogen) atoms. The van der Waals surface area contributed by atoms with Crippen LogP contribution in [0.25, 0.3) is 0 Å². The van der Waals surface area contributed by atoms with Crippen molar-refractivity contribution in [1.29, 1.82) is 0 Å². The van der Waals surface area contributed by atoms with Crippen LogP contribution < -0.4 is 5.11 Å². The molecule has 9 heteroatoms. The molecule has 0 aromatic rings.